The highest BCUT2D eigenvalue weighted by Crippen LogP contribution is 2.38. The molecule has 0 aromatic carbocycles. The average molecular weight is 427 g/mol. The number of anilines is 1. The summed E-state index contributed by atoms with van der Waals surface area (Å²) >= 11 is 13.0. The zero-order valence-corrected chi connectivity index (χ0v) is 17.8. The van der Waals surface area contributed by atoms with Gasteiger partial charge in [-0.2, -0.15) is 5.10 Å². The van der Waals surface area contributed by atoms with Gasteiger partial charge in [0.25, 0.3) is 0 Å². The lowest BCUT2D eigenvalue weighted by Crippen LogP contribution is -2.30. The first-order chi connectivity index (χ1) is 13.0. The normalized spacial score (nSPS) is 13.1. The minimum atomic E-state index is -0.300. The molecule has 0 spiro atoms. The molecule has 2 heterocycles. The number of halogens is 1. The van der Waals surface area contributed by atoms with Crippen LogP contribution < -0.4 is 10.6 Å². The number of aryl methyl sites for hydroxylation is 2. The van der Waals surface area contributed by atoms with E-state index in [1.54, 1.807) is 17.5 Å². The van der Waals surface area contributed by atoms with E-state index < -0.39 is 0 Å². The van der Waals surface area contributed by atoms with E-state index in [0.717, 1.165) is 54.9 Å². The molecule has 1 aliphatic carbocycles. The summed E-state index contributed by atoms with van der Waals surface area (Å²) < 4.78 is 6.87. The number of methoxy groups -OCH3 is 1. The minimum absolute atomic E-state index is 0.300. The van der Waals surface area contributed by atoms with Crippen molar-refractivity contribution in [3.05, 3.63) is 32.9 Å². The number of aromatic nitrogens is 2. The van der Waals surface area contributed by atoms with Crippen molar-refractivity contribution in [1.29, 1.82) is 0 Å². The lowest BCUT2D eigenvalue weighted by molar-refractivity contribution is 0.0601. The standard InChI is InChI=1S/C18H23ClN4O2S2/c1-11-13(19)10-21-23(11)9-5-8-20-18(26)22-16-15(17(24)25-2)12-6-3-4-7-14(12)27-16/h10H,3-9H2,1-2H3,(H2,20,22,26). The Kier molecular flexibility index (Phi) is 6.73. The molecule has 0 unspecified atom stereocenters. The van der Waals surface area contributed by atoms with Crippen molar-refractivity contribution in [3.63, 3.8) is 0 Å². The van der Waals surface area contributed by atoms with Crippen LogP contribution >= 0.6 is 35.2 Å². The van der Waals surface area contributed by atoms with Gasteiger partial charge in [0.05, 0.1) is 29.6 Å². The number of hydrogen-bond acceptors (Lipinski definition) is 5. The van der Waals surface area contributed by atoms with Crippen LogP contribution in [0.1, 0.15) is 45.8 Å². The third-order valence-electron chi connectivity index (χ3n) is 4.66. The van der Waals surface area contributed by atoms with Crippen molar-refractivity contribution in [2.24, 2.45) is 0 Å². The van der Waals surface area contributed by atoms with Gasteiger partial charge in [0.1, 0.15) is 5.00 Å². The molecule has 27 heavy (non-hydrogen) atoms. The predicted octanol–water partition coefficient (Wildman–Crippen LogP) is 3.95. The SMILES string of the molecule is COC(=O)c1c(NC(=S)NCCCn2ncc(Cl)c2C)sc2c1CCCC2. The number of esters is 1. The summed E-state index contributed by atoms with van der Waals surface area (Å²) in [5, 5.41) is 12.6. The molecule has 0 atom stereocenters. The van der Waals surface area contributed by atoms with E-state index in [1.165, 1.54) is 12.0 Å². The van der Waals surface area contributed by atoms with Gasteiger partial charge in [-0.1, -0.05) is 11.6 Å². The van der Waals surface area contributed by atoms with Gasteiger partial charge in [-0.25, -0.2) is 4.79 Å². The third kappa shape index (κ3) is 4.62. The minimum Gasteiger partial charge on any atom is -0.465 e. The summed E-state index contributed by atoms with van der Waals surface area (Å²) in [5.74, 6) is -0.300. The van der Waals surface area contributed by atoms with Crippen molar-refractivity contribution in [1.82, 2.24) is 15.1 Å². The largest absolute Gasteiger partial charge is 0.465 e. The van der Waals surface area contributed by atoms with E-state index in [1.807, 2.05) is 11.6 Å². The molecule has 3 rings (SSSR count). The van der Waals surface area contributed by atoms with Crippen molar-refractivity contribution in [2.75, 3.05) is 19.0 Å². The van der Waals surface area contributed by atoms with Gasteiger partial charge in [-0.15, -0.1) is 11.3 Å². The van der Waals surface area contributed by atoms with Crippen LogP contribution in [0, 0.1) is 6.92 Å². The number of thiophene rings is 1. The maximum Gasteiger partial charge on any atom is 0.341 e. The van der Waals surface area contributed by atoms with Crippen molar-refractivity contribution in [3.8, 4) is 0 Å². The molecule has 0 amide bonds. The average Bonchev–Trinajstić information content (AvgIpc) is 3.18. The van der Waals surface area contributed by atoms with Crippen molar-refractivity contribution < 1.29 is 9.53 Å². The number of carbonyl (C=O) groups is 1. The molecular weight excluding hydrogens is 404 g/mol. The monoisotopic (exact) mass is 426 g/mol. The Morgan fingerprint density at radius 3 is 2.93 bits per heavy atom. The molecule has 1 aliphatic rings. The highest BCUT2D eigenvalue weighted by atomic mass is 35.5. The second-order valence-corrected chi connectivity index (χ2v) is 8.36. The van der Waals surface area contributed by atoms with Crippen LogP contribution in [-0.2, 0) is 24.1 Å². The van der Waals surface area contributed by atoms with Crippen LogP contribution in [0.5, 0.6) is 0 Å². The van der Waals surface area contributed by atoms with Crippen LogP contribution in [-0.4, -0.2) is 34.5 Å². The Balaban J connectivity index is 1.57. The summed E-state index contributed by atoms with van der Waals surface area (Å²) in [6.45, 7) is 3.40. The van der Waals surface area contributed by atoms with Crippen molar-refractivity contribution >= 4 is 51.2 Å². The fourth-order valence-electron chi connectivity index (χ4n) is 3.20. The Labute approximate surface area is 173 Å². The number of fused-ring (bicyclic) bond motifs is 1. The molecule has 6 nitrogen and oxygen atoms in total. The summed E-state index contributed by atoms with van der Waals surface area (Å²) in [5.41, 5.74) is 2.72. The first kappa shape index (κ1) is 20.1. The molecule has 146 valence electrons. The second-order valence-electron chi connectivity index (χ2n) is 6.44. The van der Waals surface area contributed by atoms with E-state index in [4.69, 9.17) is 28.6 Å². The maximum atomic E-state index is 12.3. The fourth-order valence-corrected chi connectivity index (χ4v) is 4.89. The Bertz CT molecular complexity index is 847. The molecule has 9 heteroatoms. The first-order valence-corrected chi connectivity index (χ1v) is 10.6. The Hall–Kier alpha value is -1.64. The number of rotatable bonds is 6. The Morgan fingerprint density at radius 2 is 2.22 bits per heavy atom. The lowest BCUT2D eigenvalue weighted by Gasteiger charge is -2.12. The summed E-state index contributed by atoms with van der Waals surface area (Å²) in [6.07, 6.45) is 6.70. The molecule has 0 aliphatic heterocycles. The third-order valence-corrected chi connectivity index (χ3v) is 6.49. The van der Waals surface area contributed by atoms with Gasteiger partial charge >= 0.3 is 5.97 Å². The van der Waals surface area contributed by atoms with Gasteiger partial charge < -0.3 is 15.4 Å². The first-order valence-electron chi connectivity index (χ1n) is 8.97. The molecular formula is C18H23ClN4O2S2. The quantitative estimate of drug-likeness (QED) is 0.414. The van der Waals surface area contributed by atoms with E-state index in [0.29, 0.717) is 22.2 Å². The van der Waals surface area contributed by atoms with Crippen LogP contribution in [0.2, 0.25) is 5.02 Å². The molecule has 2 N–H and O–H groups in total. The highest BCUT2D eigenvalue weighted by molar-refractivity contribution is 7.80. The zero-order valence-electron chi connectivity index (χ0n) is 15.4. The molecule has 0 fully saturated rings. The zero-order chi connectivity index (χ0) is 19.4. The molecule has 0 saturated heterocycles. The highest BCUT2D eigenvalue weighted by Gasteiger charge is 2.26. The number of ether oxygens (including phenoxy) is 1. The molecule has 0 bridgehead atoms. The van der Waals surface area contributed by atoms with E-state index in [-0.39, 0.29) is 5.97 Å². The van der Waals surface area contributed by atoms with Crippen LogP contribution in [0.3, 0.4) is 0 Å². The molecule has 2 aromatic heterocycles. The summed E-state index contributed by atoms with van der Waals surface area (Å²) in [6, 6.07) is 0. The summed E-state index contributed by atoms with van der Waals surface area (Å²) in [4.78, 5) is 13.5. The van der Waals surface area contributed by atoms with E-state index in [9.17, 15) is 4.79 Å². The molecule has 0 radical (unpaired) electrons. The molecule has 0 saturated carbocycles. The van der Waals surface area contributed by atoms with Crippen LogP contribution in [0.15, 0.2) is 6.20 Å². The van der Waals surface area contributed by atoms with Gasteiger partial charge in [0, 0.05) is 18.0 Å². The molecule has 2 aromatic rings. The predicted molar refractivity (Wildman–Crippen MR) is 113 cm³/mol. The maximum absolute atomic E-state index is 12.3. The van der Waals surface area contributed by atoms with Crippen LogP contribution in [0.25, 0.3) is 0 Å². The summed E-state index contributed by atoms with van der Waals surface area (Å²) in [7, 11) is 1.42. The van der Waals surface area contributed by atoms with Gasteiger partial charge in [0.15, 0.2) is 5.11 Å². The number of hydrogen-bond donors (Lipinski definition) is 2. The van der Waals surface area contributed by atoms with Crippen LogP contribution in [0.4, 0.5) is 5.00 Å². The second kappa shape index (κ2) is 9.03. The number of thiocarbonyl (C=S) groups is 1. The van der Waals surface area contributed by atoms with Gasteiger partial charge in [0.2, 0.25) is 0 Å². The number of carbonyl (C=O) groups excluding carboxylic acids is 1. The smallest absolute Gasteiger partial charge is 0.341 e. The topological polar surface area (TPSA) is 68.2 Å². The Morgan fingerprint density at radius 1 is 1.44 bits per heavy atom. The number of nitrogens with zero attached hydrogens (tertiary/aromatic N) is 2. The van der Waals surface area contributed by atoms with Gasteiger partial charge in [-0.3, -0.25) is 4.68 Å². The van der Waals surface area contributed by atoms with Gasteiger partial charge in [-0.05, 0) is 56.8 Å². The lowest BCUT2D eigenvalue weighted by atomic mass is 9.95. The fraction of sp³-hybridized carbons (Fsp3) is 0.500. The van der Waals surface area contributed by atoms with E-state index >= 15 is 0 Å². The van der Waals surface area contributed by atoms with Crippen molar-refractivity contribution in [2.45, 2.75) is 45.6 Å². The number of nitrogens with one attached hydrogen (secondary N) is 2. The van der Waals surface area contributed by atoms with E-state index in [2.05, 4.69) is 15.7 Å².